The summed E-state index contributed by atoms with van der Waals surface area (Å²) in [6.45, 7) is 0.951. The van der Waals surface area contributed by atoms with Gasteiger partial charge in [0.15, 0.2) is 0 Å². The molecule has 1 aromatic heterocycles. The van der Waals surface area contributed by atoms with Crippen LogP contribution in [0, 0.1) is 0 Å². The van der Waals surface area contributed by atoms with Gasteiger partial charge in [-0.1, -0.05) is 23.7 Å². The number of nitrogens with zero attached hydrogens (tertiary/aromatic N) is 3. The normalized spacial score (nSPS) is 10.4. The van der Waals surface area contributed by atoms with Crippen molar-refractivity contribution in [2.75, 3.05) is 0 Å². The number of halogens is 1. The first-order valence-corrected chi connectivity index (χ1v) is 9.37. The first-order chi connectivity index (χ1) is 14.1. The second-order valence-corrected chi connectivity index (χ2v) is 6.64. The number of hydrazine groups is 1. The van der Waals surface area contributed by atoms with Crippen molar-refractivity contribution in [3.63, 3.8) is 0 Å². The summed E-state index contributed by atoms with van der Waals surface area (Å²) in [4.78, 5) is 27.8. The molecule has 3 rings (SSSR count). The second-order valence-electron chi connectivity index (χ2n) is 6.20. The maximum atomic E-state index is 12.1. The highest BCUT2D eigenvalue weighted by molar-refractivity contribution is 6.30. The fraction of sp³-hybridized carbons (Fsp3) is 0.200. The van der Waals surface area contributed by atoms with Gasteiger partial charge in [0.05, 0.1) is 0 Å². The summed E-state index contributed by atoms with van der Waals surface area (Å²) in [6, 6.07) is 14.0. The van der Waals surface area contributed by atoms with Crippen LogP contribution < -0.4 is 15.6 Å². The molecule has 0 atom stereocenters. The number of carbonyl (C=O) groups is 2. The minimum atomic E-state index is -0.389. The Kier molecular flexibility index (Phi) is 7.18. The number of benzene rings is 2. The molecule has 2 aromatic carbocycles. The van der Waals surface area contributed by atoms with Gasteiger partial charge < -0.3 is 4.74 Å². The molecule has 0 saturated heterocycles. The number of aromatic nitrogens is 3. The van der Waals surface area contributed by atoms with Gasteiger partial charge in [-0.05, 0) is 48.4 Å². The number of hydrogen-bond acceptors (Lipinski definition) is 5. The van der Waals surface area contributed by atoms with Crippen LogP contribution in [0.25, 0.3) is 0 Å². The summed E-state index contributed by atoms with van der Waals surface area (Å²) in [5.41, 5.74) is 6.16. The Balaban J connectivity index is 1.38. The number of amides is 2. The summed E-state index contributed by atoms with van der Waals surface area (Å²) in [6.07, 6.45) is 3.88. The SMILES string of the molecule is O=C(CCCn1cncn1)NNC(=O)c1ccc(COc2ccc(Cl)cc2)cc1. The van der Waals surface area contributed by atoms with Crippen LogP contribution in [0.15, 0.2) is 61.2 Å². The van der Waals surface area contributed by atoms with Gasteiger partial charge in [0.25, 0.3) is 5.91 Å². The average molecular weight is 414 g/mol. The molecule has 0 spiro atoms. The molecule has 0 radical (unpaired) electrons. The van der Waals surface area contributed by atoms with Gasteiger partial charge in [0.1, 0.15) is 25.0 Å². The van der Waals surface area contributed by atoms with E-state index in [0.717, 1.165) is 5.56 Å². The number of ether oxygens (including phenoxy) is 1. The monoisotopic (exact) mass is 413 g/mol. The number of nitrogens with one attached hydrogen (secondary N) is 2. The van der Waals surface area contributed by atoms with Crippen LogP contribution in [-0.4, -0.2) is 26.6 Å². The molecule has 2 N–H and O–H groups in total. The van der Waals surface area contributed by atoms with Crippen molar-refractivity contribution >= 4 is 23.4 Å². The largest absolute Gasteiger partial charge is 0.489 e. The van der Waals surface area contributed by atoms with Crippen LogP contribution in [0.4, 0.5) is 0 Å². The Bertz CT molecular complexity index is 928. The molecular weight excluding hydrogens is 394 g/mol. The molecule has 8 nitrogen and oxygen atoms in total. The number of hydrogen-bond donors (Lipinski definition) is 2. The van der Waals surface area contributed by atoms with E-state index in [9.17, 15) is 9.59 Å². The van der Waals surface area contributed by atoms with Gasteiger partial charge in [0.2, 0.25) is 5.91 Å². The quantitative estimate of drug-likeness (QED) is 0.553. The maximum absolute atomic E-state index is 12.1. The molecule has 3 aromatic rings. The predicted octanol–water partition coefficient (Wildman–Crippen LogP) is 2.75. The molecule has 0 aliphatic carbocycles. The molecule has 0 saturated carbocycles. The van der Waals surface area contributed by atoms with E-state index >= 15 is 0 Å². The van der Waals surface area contributed by atoms with Gasteiger partial charge in [0, 0.05) is 23.6 Å². The van der Waals surface area contributed by atoms with Crippen LogP contribution in [-0.2, 0) is 17.9 Å². The number of carbonyl (C=O) groups excluding carboxylic acids is 2. The number of aryl methyl sites for hydroxylation is 1. The maximum Gasteiger partial charge on any atom is 0.269 e. The first kappa shape index (κ1) is 20.3. The molecule has 0 unspecified atom stereocenters. The Morgan fingerprint density at radius 1 is 1.03 bits per heavy atom. The molecule has 1 heterocycles. The summed E-state index contributed by atoms with van der Waals surface area (Å²) in [5, 5.41) is 4.61. The standard InChI is InChI=1S/C20H20ClN5O3/c21-17-7-9-18(10-8-17)29-12-15-3-5-16(6-4-15)20(28)25-24-19(27)2-1-11-26-14-22-13-23-26/h3-10,13-14H,1-2,11-12H2,(H,24,27)(H,25,28). The van der Waals surface area contributed by atoms with E-state index in [-0.39, 0.29) is 18.2 Å². The summed E-state index contributed by atoms with van der Waals surface area (Å²) < 4.78 is 7.31. The molecule has 0 aliphatic heterocycles. The van der Waals surface area contributed by atoms with E-state index in [2.05, 4.69) is 20.9 Å². The highest BCUT2D eigenvalue weighted by Crippen LogP contribution is 2.17. The van der Waals surface area contributed by atoms with Crippen molar-refractivity contribution in [2.24, 2.45) is 0 Å². The van der Waals surface area contributed by atoms with Gasteiger partial charge >= 0.3 is 0 Å². The van der Waals surface area contributed by atoms with Crippen LogP contribution in [0.5, 0.6) is 5.75 Å². The predicted molar refractivity (Wildman–Crippen MR) is 107 cm³/mol. The Hall–Kier alpha value is -3.39. The van der Waals surface area contributed by atoms with Crippen molar-refractivity contribution in [1.82, 2.24) is 25.6 Å². The minimum Gasteiger partial charge on any atom is -0.489 e. The third kappa shape index (κ3) is 6.62. The first-order valence-electron chi connectivity index (χ1n) is 8.99. The summed E-state index contributed by atoms with van der Waals surface area (Å²) >= 11 is 5.84. The zero-order chi connectivity index (χ0) is 20.5. The van der Waals surface area contributed by atoms with Crippen molar-refractivity contribution in [3.05, 3.63) is 77.3 Å². The summed E-state index contributed by atoms with van der Waals surface area (Å²) in [5.74, 6) is 0.0500. The van der Waals surface area contributed by atoms with E-state index in [1.165, 1.54) is 6.33 Å². The lowest BCUT2D eigenvalue weighted by Crippen LogP contribution is -2.41. The van der Waals surface area contributed by atoms with Gasteiger partial charge in [-0.25, -0.2) is 4.98 Å². The zero-order valence-corrected chi connectivity index (χ0v) is 16.3. The lowest BCUT2D eigenvalue weighted by atomic mass is 10.1. The lowest BCUT2D eigenvalue weighted by molar-refractivity contribution is -0.122. The third-order valence-electron chi connectivity index (χ3n) is 4.01. The van der Waals surface area contributed by atoms with Gasteiger partial charge in [-0.3, -0.25) is 25.1 Å². The van der Waals surface area contributed by atoms with Crippen LogP contribution in [0.2, 0.25) is 5.02 Å². The Morgan fingerprint density at radius 2 is 1.79 bits per heavy atom. The molecule has 0 bridgehead atoms. The van der Waals surface area contributed by atoms with Crippen LogP contribution in [0.3, 0.4) is 0 Å². The lowest BCUT2D eigenvalue weighted by Gasteiger charge is -2.09. The molecule has 150 valence electrons. The highest BCUT2D eigenvalue weighted by atomic mass is 35.5. The van der Waals surface area contributed by atoms with E-state index in [4.69, 9.17) is 16.3 Å². The van der Waals surface area contributed by atoms with Crippen molar-refractivity contribution < 1.29 is 14.3 Å². The van der Waals surface area contributed by atoms with Gasteiger partial charge in [-0.15, -0.1) is 0 Å². The number of rotatable bonds is 8. The Morgan fingerprint density at radius 3 is 2.48 bits per heavy atom. The average Bonchev–Trinajstić information content (AvgIpc) is 3.25. The molecule has 29 heavy (non-hydrogen) atoms. The van der Waals surface area contributed by atoms with E-state index in [1.807, 2.05) is 0 Å². The van der Waals surface area contributed by atoms with Gasteiger partial charge in [-0.2, -0.15) is 5.10 Å². The van der Waals surface area contributed by atoms with Crippen LogP contribution >= 0.6 is 11.6 Å². The second kappa shape index (κ2) is 10.2. The smallest absolute Gasteiger partial charge is 0.269 e. The highest BCUT2D eigenvalue weighted by Gasteiger charge is 2.08. The fourth-order valence-corrected chi connectivity index (χ4v) is 2.59. The molecular formula is C20H20ClN5O3. The van der Waals surface area contributed by atoms with Crippen molar-refractivity contribution in [3.8, 4) is 5.75 Å². The fourth-order valence-electron chi connectivity index (χ4n) is 2.46. The van der Waals surface area contributed by atoms with E-state index in [0.29, 0.717) is 35.9 Å². The third-order valence-corrected chi connectivity index (χ3v) is 4.26. The van der Waals surface area contributed by atoms with Crippen molar-refractivity contribution in [1.29, 1.82) is 0 Å². The molecule has 2 amide bonds. The Labute approximate surface area is 172 Å². The topological polar surface area (TPSA) is 98.1 Å². The molecule has 9 heteroatoms. The minimum absolute atomic E-state index is 0.265. The van der Waals surface area contributed by atoms with Crippen molar-refractivity contribution in [2.45, 2.75) is 26.0 Å². The summed E-state index contributed by atoms with van der Waals surface area (Å²) in [7, 11) is 0. The van der Waals surface area contributed by atoms with Crippen LogP contribution in [0.1, 0.15) is 28.8 Å². The van der Waals surface area contributed by atoms with E-state index in [1.54, 1.807) is 59.5 Å². The zero-order valence-electron chi connectivity index (χ0n) is 15.5. The van der Waals surface area contributed by atoms with E-state index < -0.39 is 0 Å². The molecule has 0 fully saturated rings. The molecule has 0 aliphatic rings.